The molecule has 0 amide bonds. The Morgan fingerprint density at radius 2 is 1.19 bits per heavy atom. The van der Waals surface area contributed by atoms with Crippen LogP contribution < -0.4 is 14.5 Å². The van der Waals surface area contributed by atoms with Crippen molar-refractivity contribution in [3.63, 3.8) is 0 Å². The van der Waals surface area contributed by atoms with Crippen LogP contribution in [-0.2, 0) is 42.7 Å². The van der Waals surface area contributed by atoms with Gasteiger partial charge in [-0.3, -0.25) is 0 Å². The maximum Gasteiger partial charge on any atom is 0.139 e. The van der Waals surface area contributed by atoms with Gasteiger partial charge in [0, 0.05) is 88.8 Å². The van der Waals surface area contributed by atoms with E-state index in [0.717, 1.165) is 22.1 Å². The fourth-order valence-electron chi connectivity index (χ4n) is 11.4. The summed E-state index contributed by atoms with van der Waals surface area (Å²) in [6.07, 6.45) is 1.76. The Balaban J connectivity index is 0.00000850. The van der Waals surface area contributed by atoms with Gasteiger partial charge in [0.2, 0.25) is 0 Å². The maximum absolute atomic E-state index is 9.93. The third-order valence-corrected chi connectivity index (χ3v) is 15.0. The number of nitrogens with zero attached hydrogens (tertiary/aromatic N) is 4. The molecule has 6 nitrogen and oxygen atoms in total. The topological polar surface area (TPSA) is 46.7 Å². The monoisotopic (exact) mass is 1230 g/mol. The van der Waals surface area contributed by atoms with E-state index in [1.165, 1.54) is 0 Å². The minimum absolute atomic E-state index is 0. The van der Waals surface area contributed by atoms with Crippen molar-refractivity contribution < 1.29 is 46.7 Å². The molecule has 1 aliphatic heterocycles. The van der Waals surface area contributed by atoms with Crippen LogP contribution in [0.3, 0.4) is 0 Å². The molecule has 0 N–H and O–H groups in total. The minimum atomic E-state index is -0.679. The van der Waals surface area contributed by atoms with Gasteiger partial charge in [-0.2, -0.15) is 12.1 Å². The number of para-hydroxylation sites is 2. The minimum Gasteiger partial charge on any atom is -0.509 e. The van der Waals surface area contributed by atoms with Crippen LogP contribution >= 0.6 is 0 Å². The second kappa shape index (κ2) is 19.4. The van der Waals surface area contributed by atoms with E-state index in [4.69, 9.17) is 22.4 Å². The smallest absolute Gasteiger partial charge is 0.139 e. The molecule has 0 saturated heterocycles. The van der Waals surface area contributed by atoms with Crippen LogP contribution in [0.1, 0.15) is 133 Å². The molecule has 0 bridgehead atoms. The zero-order chi connectivity index (χ0) is 65.2. The van der Waals surface area contributed by atoms with Gasteiger partial charge in [0.05, 0.1) is 16.4 Å². The third kappa shape index (κ3) is 9.24. The summed E-state index contributed by atoms with van der Waals surface area (Å²) in [4.78, 5) is 8.58. The molecule has 402 valence electrons. The number of aromatic nitrogens is 2. The number of hydrogen-bond donors (Lipinski definition) is 0. The SMILES string of the molecule is [2H]c1c([2H])c([2H])c(-c2c(C)c(C(C)(C)C)c(C)c(-c3c([2H])c([2H])c([2H])c([2H])c3[2H])c2N2[CH-]N(c3[c-]c(Oc4[c-]c5c(cc4)c4c6oc7c(C(C)(C)C)cc(C(C)(C)C)cc7c6c([2H])c([2H])c4n5-c4cc(C(C)(C)C)ccn4)ccc3)c3ccccc32)c([2H])c1[2H].[Pt]. The Bertz CT molecular complexity index is 4750. The van der Waals surface area contributed by atoms with E-state index in [-0.39, 0.29) is 77.3 Å². The van der Waals surface area contributed by atoms with Gasteiger partial charge in [-0.25, -0.2) is 4.98 Å². The summed E-state index contributed by atoms with van der Waals surface area (Å²) in [5.41, 5.74) is 7.74. The van der Waals surface area contributed by atoms with Crippen LogP contribution in [0.15, 0.2) is 162 Å². The third-order valence-electron chi connectivity index (χ3n) is 15.0. The first kappa shape index (κ1) is 40.7. The van der Waals surface area contributed by atoms with Crippen LogP contribution in [0.4, 0.5) is 22.7 Å². The van der Waals surface area contributed by atoms with Gasteiger partial charge in [0.15, 0.2) is 0 Å². The summed E-state index contributed by atoms with van der Waals surface area (Å²) in [7, 11) is 0. The Kier molecular flexibility index (Phi) is 10.0. The van der Waals surface area contributed by atoms with E-state index in [1.54, 1.807) is 23.8 Å². The van der Waals surface area contributed by atoms with Gasteiger partial charge in [-0.05, 0) is 122 Å². The largest absolute Gasteiger partial charge is 0.509 e. The molecule has 7 heteroatoms. The van der Waals surface area contributed by atoms with Gasteiger partial charge in [0.25, 0.3) is 0 Å². The van der Waals surface area contributed by atoms with E-state index in [1.807, 2.05) is 105 Å². The molecule has 0 radical (unpaired) electrons. The summed E-state index contributed by atoms with van der Waals surface area (Å²) < 4.78 is 126. The number of hydrogen-bond acceptors (Lipinski definition) is 5. The molecule has 11 aromatic rings. The predicted octanol–water partition coefficient (Wildman–Crippen LogP) is 20.0. The number of ether oxygens (including phenoxy) is 1. The quantitative estimate of drug-likeness (QED) is 0.149. The summed E-state index contributed by atoms with van der Waals surface area (Å²) in [6.45, 7) is 30.7. The molecule has 12 rings (SSSR count). The first-order valence-corrected chi connectivity index (χ1v) is 26.5. The van der Waals surface area contributed by atoms with Crippen LogP contribution in [0.25, 0.3) is 71.8 Å². The van der Waals surface area contributed by atoms with Crippen molar-refractivity contribution in [2.75, 3.05) is 9.80 Å². The van der Waals surface area contributed by atoms with Crippen LogP contribution in [0.5, 0.6) is 11.5 Å². The molecule has 8 aromatic carbocycles. The van der Waals surface area contributed by atoms with Gasteiger partial charge in [0.1, 0.15) is 17.0 Å². The van der Waals surface area contributed by atoms with E-state index in [0.29, 0.717) is 89.4 Å². The zero-order valence-corrected chi connectivity index (χ0v) is 49.4. The molecular weight excluding hydrogens is 1150 g/mol. The summed E-state index contributed by atoms with van der Waals surface area (Å²) in [5.74, 6) is 1.12. The van der Waals surface area contributed by atoms with Gasteiger partial charge < -0.3 is 23.5 Å². The van der Waals surface area contributed by atoms with Crippen LogP contribution in [0.2, 0.25) is 0 Å². The Morgan fingerprint density at radius 1 is 0.570 bits per heavy atom. The average molecular weight is 1230 g/mol. The number of furan rings is 1. The molecule has 0 fully saturated rings. The molecule has 0 spiro atoms. The van der Waals surface area contributed by atoms with Crippen molar-refractivity contribution in [1.82, 2.24) is 9.55 Å². The van der Waals surface area contributed by atoms with Crippen LogP contribution in [-0.4, -0.2) is 9.55 Å². The summed E-state index contributed by atoms with van der Waals surface area (Å²) >= 11 is 0. The molecule has 79 heavy (non-hydrogen) atoms. The number of fused-ring (bicyclic) bond motifs is 8. The average Bonchev–Trinajstić information content (AvgIpc) is 1.64. The second-order valence-electron chi connectivity index (χ2n) is 24.6. The Labute approximate surface area is 498 Å². The zero-order valence-electron chi connectivity index (χ0n) is 59.1. The number of anilines is 4. The molecule has 0 atom stereocenters. The first-order chi connectivity index (χ1) is 42.0. The van der Waals surface area contributed by atoms with E-state index < -0.39 is 65.8 Å². The van der Waals surface area contributed by atoms with Crippen molar-refractivity contribution >= 4 is 66.5 Å². The Morgan fingerprint density at radius 3 is 1.80 bits per heavy atom. The van der Waals surface area contributed by atoms with Crippen molar-refractivity contribution in [2.45, 2.75) is 119 Å². The van der Waals surface area contributed by atoms with Crippen molar-refractivity contribution in [3.05, 3.63) is 210 Å². The van der Waals surface area contributed by atoms with Gasteiger partial charge in [-0.15, -0.1) is 42.7 Å². The van der Waals surface area contributed by atoms with E-state index >= 15 is 0 Å². The molecule has 3 aromatic heterocycles. The fourth-order valence-corrected chi connectivity index (χ4v) is 11.4. The fraction of sp³-hybridized carbons (Fsp3) is 0.250. The van der Waals surface area contributed by atoms with Crippen molar-refractivity contribution in [2.24, 2.45) is 0 Å². The molecule has 0 unspecified atom stereocenters. The van der Waals surface area contributed by atoms with Crippen molar-refractivity contribution in [3.8, 4) is 39.6 Å². The van der Waals surface area contributed by atoms with Gasteiger partial charge in [-0.1, -0.05) is 173 Å². The van der Waals surface area contributed by atoms with E-state index in [9.17, 15) is 8.22 Å². The normalized spacial score (nSPS) is 15.4. The molecule has 0 aliphatic carbocycles. The maximum atomic E-state index is 9.93. The summed E-state index contributed by atoms with van der Waals surface area (Å²) in [6, 6.07) is 26.7. The molecule has 1 aliphatic rings. The number of rotatable bonds is 7. The molecule has 4 heterocycles. The molecule has 0 saturated carbocycles. The van der Waals surface area contributed by atoms with E-state index in [2.05, 4.69) is 86.6 Å². The predicted molar refractivity (Wildman–Crippen MR) is 327 cm³/mol. The number of pyridine rings is 1. The number of benzene rings is 8. The molecular formula is C72H69N4O2Pt-3. The van der Waals surface area contributed by atoms with Crippen LogP contribution in [0, 0.1) is 32.6 Å². The summed E-state index contributed by atoms with van der Waals surface area (Å²) in [5, 5.41) is 2.69. The van der Waals surface area contributed by atoms with Crippen molar-refractivity contribution in [1.29, 1.82) is 0 Å². The Hall–Kier alpha value is -7.40. The first-order valence-electron chi connectivity index (χ1n) is 32.5. The standard InChI is InChI=1S/C72H69N4O2.Pt/c1-44-62(46-24-17-15-18-25-46)66(63(47-26-19-16-20-27-47)45(2)65(44)72(12,13)14)75-43-74(57-30-21-22-31-58(57)75)50-28-23-29-51(41-50)77-52-32-33-54-60(42-52)76(61-40-48(36-37-73-61)69(3,4)5)59-35-34-53-55-38-49(70(6,7)8)39-56(71(9,10)11)67(55)78-68(53)64(54)59;/h15-40,43H,1-14H3;/q-3;/i15D,16D,17D,18D,19D,20D,24D,25D,26D,27D,34D,35D;. The van der Waals surface area contributed by atoms with Gasteiger partial charge >= 0.3 is 0 Å². The second-order valence-corrected chi connectivity index (χ2v) is 24.6.